The molecule has 7 nitrogen and oxygen atoms in total. The highest BCUT2D eigenvalue weighted by molar-refractivity contribution is 5.91. The van der Waals surface area contributed by atoms with Gasteiger partial charge in [0.25, 0.3) is 0 Å². The van der Waals surface area contributed by atoms with E-state index in [-0.39, 0.29) is 30.3 Å². The largest absolute Gasteiger partial charge is 0.347 e. The predicted octanol–water partition coefficient (Wildman–Crippen LogP) is 0.491. The summed E-state index contributed by atoms with van der Waals surface area (Å²) in [4.78, 5) is 38.5. The highest BCUT2D eigenvalue weighted by atomic mass is 16.2. The van der Waals surface area contributed by atoms with Crippen LogP contribution in [-0.4, -0.2) is 47.8 Å². The van der Waals surface area contributed by atoms with E-state index in [4.69, 9.17) is 5.73 Å². The zero-order valence-electron chi connectivity index (χ0n) is 15.9. The van der Waals surface area contributed by atoms with Crippen LogP contribution in [0.1, 0.15) is 43.9 Å². The van der Waals surface area contributed by atoms with Gasteiger partial charge in [0.15, 0.2) is 0 Å². The number of nitrogens with two attached hydrogens (primary N) is 1. The van der Waals surface area contributed by atoms with Gasteiger partial charge in [0.2, 0.25) is 17.7 Å². The van der Waals surface area contributed by atoms with Gasteiger partial charge in [-0.15, -0.1) is 0 Å². The maximum atomic E-state index is 12.9. The van der Waals surface area contributed by atoms with Crippen molar-refractivity contribution in [2.45, 2.75) is 51.2 Å². The standard InChI is InChI=1S/C20H28N4O3/c1-12-10-14-6-3-4-7-15(14)18(12)23-20(27)16-8-5-9-24(16)17(25)11-22-19(26)13(2)21/h3-4,6-7,12-13,16,18H,5,8-11,21H2,1-2H3,(H,22,26)(H,23,27). The lowest BCUT2D eigenvalue weighted by Gasteiger charge is -2.27. The first kappa shape index (κ1) is 19.4. The number of rotatable bonds is 5. The molecule has 1 aliphatic carbocycles. The second-order valence-electron chi connectivity index (χ2n) is 7.62. The Morgan fingerprint density at radius 2 is 2.04 bits per heavy atom. The van der Waals surface area contributed by atoms with Crippen molar-refractivity contribution in [2.75, 3.05) is 13.1 Å². The molecule has 1 fully saturated rings. The predicted molar refractivity (Wildman–Crippen MR) is 102 cm³/mol. The molecule has 27 heavy (non-hydrogen) atoms. The van der Waals surface area contributed by atoms with Gasteiger partial charge in [0.1, 0.15) is 6.04 Å². The Labute approximate surface area is 159 Å². The summed E-state index contributed by atoms with van der Waals surface area (Å²) in [6.45, 7) is 4.09. The van der Waals surface area contributed by atoms with E-state index in [1.54, 1.807) is 11.8 Å². The summed E-state index contributed by atoms with van der Waals surface area (Å²) in [7, 11) is 0. The third-order valence-electron chi connectivity index (χ3n) is 5.50. The van der Waals surface area contributed by atoms with E-state index >= 15 is 0 Å². The van der Waals surface area contributed by atoms with Gasteiger partial charge in [-0.05, 0) is 43.2 Å². The van der Waals surface area contributed by atoms with Crippen LogP contribution in [0.3, 0.4) is 0 Å². The summed E-state index contributed by atoms with van der Waals surface area (Å²) in [5, 5.41) is 5.68. The van der Waals surface area contributed by atoms with Crippen LogP contribution in [0, 0.1) is 5.92 Å². The van der Waals surface area contributed by atoms with Crippen molar-refractivity contribution in [3.8, 4) is 0 Å². The molecule has 146 valence electrons. The SMILES string of the molecule is CC(N)C(=O)NCC(=O)N1CCCC1C(=O)NC1c2ccccc2CC1C. The van der Waals surface area contributed by atoms with Crippen molar-refractivity contribution in [1.82, 2.24) is 15.5 Å². The van der Waals surface area contributed by atoms with Crippen LogP contribution in [0.2, 0.25) is 0 Å². The van der Waals surface area contributed by atoms with Crippen molar-refractivity contribution in [3.05, 3.63) is 35.4 Å². The van der Waals surface area contributed by atoms with Crippen LogP contribution in [0.25, 0.3) is 0 Å². The minimum atomic E-state index is -0.667. The average molecular weight is 372 g/mol. The number of carbonyl (C=O) groups excluding carboxylic acids is 3. The first-order valence-electron chi connectivity index (χ1n) is 9.59. The Morgan fingerprint density at radius 3 is 2.78 bits per heavy atom. The Bertz CT molecular complexity index is 734. The fourth-order valence-electron chi connectivity index (χ4n) is 4.03. The number of nitrogens with one attached hydrogen (secondary N) is 2. The molecule has 4 unspecified atom stereocenters. The fraction of sp³-hybridized carbons (Fsp3) is 0.550. The fourth-order valence-corrected chi connectivity index (χ4v) is 4.03. The molecule has 1 saturated heterocycles. The topological polar surface area (TPSA) is 105 Å². The summed E-state index contributed by atoms with van der Waals surface area (Å²) in [5.41, 5.74) is 7.93. The molecule has 0 bridgehead atoms. The van der Waals surface area contributed by atoms with Gasteiger partial charge in [-0.1, -0.05) is 31.2 Å². The van der Waals surface area contributed by atoms with Gasteiger partial charge in [-0.25, -0.2) is 0 Å². The van der Waals surface area contributed by atoms with Gasteiger partial charge in [-0.2, -0.15) is 0 Å². The lowest BCUT2D eigenvalue weighted by Crippen LogP contribution is -2.51. The van der Waals surface area contributed by atoms with Crippen LogP contribution in [-0.2, 0) is 20.8 Å². The van der Waals surface area contributed by atoms with E-state index in [0.29, 0.717) is 18.9 Å². The number of hydrogen-bond acceptors (Lipinski definition) is 4. The quantitative estimate of drug-likeness (QED) is 0.700. The summed E-state index contributed by atoms with van der Waals surface area (Å²) in [6.07, 6.45) is 2.36. The molecule has 1 heterocycles. The molecule has 2 aliphatic rings. The van der Waals surface area contributed by atoms with E-state index in [1.807, 2.05) is 12.1 Å². The Morgan fingerprint density at radius 1 is 1.30 bits per heavy atom. The van der Waals surface area contributed by atoms with Crippen LogP contribution >= 0.6 is 0 Å². The van der Waals surface area contributed by atoms with Crippen molar-refractivity contribution < 1.29 is 14.4 Å². The molecule has 0 radical (unpaired) electrons. The minimum absolute atomic E-state index is 0.0240. The van der Waals surface area contributed by atoms with Crippen molar-refractivity contribution >= 4 is 17.7 Å². The molecule has 4 N–H and O–H groups in total. The summed E-state index contributed by atoms with van der Waals surface area (Å²) in [5.74, 6) is -0.420. The Hall–Kier alpha value is -2.41. The summed E-state index contributed by atoms with van der Waals surface area (Å²) in [6, 6.07) is 7.00. The van der Waals surface area contributed by atoms with Crippen LogP contribution < -0.4 is 16.4 Å². The van der Waals surface area contributed by atoms with E-state index in [0.717, 1.165) is 12.8 Å². The molecule has 4 atom stereocenters. The number of likely N-dealkylation sites (tertiary alicyclic amines) is 1. The number of carbonyl (C=O) groups is 3. The second-order valence-corrected chi connectivity index (χ2v) is 7.62. The number of fused-ring (bicyclic) bond motifs is 1. The molecular formula is C20H28N4O3. The van der Waals surface area contributed by atoms with Crippen LogP contribution in [0.15, 0.2) is 24.3 Å². The van der Waals surface area contributed by atoms with Gasteiger partial charge in [0.05, 0.1) is 18.6 Å². The average Bonchev–Trinajstić information content (AvgIpc) is 3.24. The maximum Gasteiger partial charge on any atom is 0.243 e. The Kier molecular flexibility index (Phi) is 5.79. The number of nitrogens with zero attached hydrogens (tertiary/aromatic N) is 1. The molecule has 0 aromatic heterocycles. The monoisotopic (exact) mass is 372 g/mol. The lowest BCUT2D eigenvalue weighted by atomic mass is 10.0. The Balaban J connectivity index is 1.62. The number of benzene rings is 1. The molecule has 1 aromatic carbocycles. The van der Waals surface area contributed by atoms with Gasteiger partial charge in [-0.3, -0.25) is 14.4 Å². The van der Waals surface area contributed by atoms with Crippen molar-refractivity contribution in [2.24, 2.45) is 11.7 Å². The normalized spacial score (nSPS) is 25.0. The number of amides is 3. The highest BCUT2D eigenvalue weighted by Gasteiger charge is 2.37. The first-order valence-corrected chi connectivity index (χ1v) is 9.59. The molecule has 3 rings (SSSR count). The smallest absolute Gasteiger partial charge is 0.243 e. The molecule has 0 saturated carbocycles. The summed E-state index contributed by atoms with van der Waals surface area (Å²) < 4.78 is 0. The maximum absolute atomic E-state index is 12.9. The second kappa shape index (κ2) is 8.08. The zero-order valence-corrected chi connectivity index (χ0v) is 15.9. The molecule has 1 aliphatic heterocycles. The lowest BCUT2D eigenvalue weighted by molar-refractivity contribution is -0.139. The molecule has 3 amide bonds. The summed E-state index contributed by atoms with van der Waals surface area (Å²) >= 11 is 0. The van der Waals surface area contributed by atoms with Crippen LogP contribution in [0.5, 0.6) is 0 Å². The van der Waals surface area contributed by atoms with Crippen molar-refractivity contribution in [3.63, 3.8) is 0 Å². The van der Waals surface area contributed by atoms with Crippen molar-refractivity contribution in [1.29, 1.82) is 0 Å². The molecule has 7 heteroatoms. The molecule has 1 aromatic rings. The van der Waals surface area contributed by atoms with E-state index < -0.39 is 12.1 Å². The third kappa shape index (κ3) is 4.13. The van der Waals surface area contributed by atoms with Gasteiger partial charge in [0, 0.05) is 6.54 Å². The van der Waals surface area contributed by atoms with E-state index in [2.05, 4.69) is 29.7 Å². The van der Waals surface area contributed by atoms with E-state index in [9.17, 15) is 14.4 Å². The molecular weight excluding hydrogens is 344 g/mol. The van der Waals surface area contributed by atoms with Gasteiger partial charge < -0.3 is 21.3 Å². The molecule has 0 spiro atoms. The van der Waals surface area contributed by atoms with Crippen LogP contribution in [0.4, 0.5) is 0 Å². The highest BCUT2D eigenvalue weighted by Crippen LogP contribution is 2.36. The first-order chi connectivity index (χ1) is 12.9. The minimum Gasteiger partial charge on any atom is -0.347 e. The van der Waals surface area contributed by atoms with E-state index in [1.165, 1.54) is 11.1 Å². The zero-order chi connectivity index (χ0) is 19.6. The van der Waals surface area contributed by atoms with Gasteiger partial charge >= 0.3 is 0 Å². The third-order valence-corrected chi connectivity index (χ3v) is 5.50. The number of hydrogen-bond donors (Lipinski definition) is 3.